The second-order valence-electron chi connectivity index (χ2n) is 6.56. The smallest absolute Gasteiger partial charge is 0.246 e. The lowest BCUT2D eigenvalue weighted by Gasteiger charge is -2.33. The van der Waals surface area contributed by atoms with Gasteiger partial charge in [-0.2, -0.15) is 11.8 Å². The summed E-state index contributed by atoms with van der Waals surface area (Å²) in [6, 6.07) is 14.8. The van der Waals surface area contributed by atoms with Gasteiger partial charge in [-0.15, -0.1) is 0 Å². The summed E-state index contributed by atoms with van der Waals surface area (Å²) >= 11 is 7.35. The molecule has 0 aromatic heterocycles. The van der Waals surface area contributed by atoms with Gasteiger partial charge in [0, 0.05) is 41.5 Å². The number of thioether (sulfide) groups is 1. The van der Waals surface area contributed by atoms with E-state index in [2.05, 4.69) is 53.5 Å². The fraction of sp³-hybridized carbons (Fsp3) is 0.300. The fourth-order valence-electron chi connectivity index (χ4n) is 3.61. The van der Waals surface area contributed by atoms with Gasteiger partial charge in [0.1, 0.15) is 6.54 Å². The van der Waals surface area contributed by atoms with E-state index in [0.29, 0.717) is 5.11 Å². The average Bonchev–Trinajstić information content (AvgIpc) is 3.00. The Morgan fingerprint density at radius 3 is 2.50 bits per heavy atom. The highest BCUT2D eigenvalue weighted by Gasteiger charge is 2.27. The lowest BCUT2D eigenvalue weighted by atomic mass is 9.98. The largest absolute Gasteiger partial charge is 0.369 e. The van der Waals surface area contributed by atoms with Crippen LogP contribution in [-0.2, 0) is 4.79 Å². The molecule has 0 radical (unpaired) electrons. The number of nitrogens with zero attached hydrogens (tertiary/aromatic N) is 2. The zero-order chi connectivity index (χ0) is 18.1. The third kappa shape index (κ3) is 3.31. The van der Waals surface area contributed by atoms with Gasteiger partial charge in [-0.25, -0.2) is 0 Å². The predicted molar refractivity (Wildman–Crippen MR) is 114 cm³/mol. The van der Waals surface area contributed by atoms with Crippen LogP contribution in [0.2, 0.25) is 0 Å². The number of benzene rings is 2. The molecule has 26 heavy (non-hydrogen) atoms. The van der Waals surface area contributed by atoms with Crippen molar-refractivity contribution in [3.63, 3.8) is 0 Å². The third-order valence-electron chi connectivity index (χ3n) is 4.80. The number of anilines is 2. The van der Waals surface area contributed by atoms with E-state index in [1.54, 1.807) is 0 Å². The summed E-state index contributed by atoms with van der Waals surface area (Å²) in [6.07, 6.45) is 0. The number of rotatable bonds is 3. The molecule has 1 N–H and O–H groups in total. The molecular weight excluding hydrogens is 362 g/mol. The van der Waals surface area contributed by atoms with Crippen LogP contribution in [0.5, 0.6) is 0 Å². The van der Waals surface area contributed by atoms with E-state index < -0.39 is 0 Å². The lowest BCUT2D eigenvalue weighted by molar-refractivity contribution is -0.117. The van der Waals surface area contributed by atoms with Crippen LogP contribution in [0.25, 0.3) is 11.1 Å². The summed E-state index contributed by atoms with van der Waals surface area (Å²) in [7, 11) is 0. The van der Waals surface area contributed by atoms with Crippen LogP contribution in [0.1, 0.15) is 5.56 Å². The monoisotopic (exact) mass is 383 g/mol. The Morgan fingerprint density at radius 1 is 1.12 bits per heavy atom. The number of hydrogen-bond acceptors (Lipinski definition) is 4. The number of hydrogen-bond donors (Lipinski definition) is 1. The Kier molecular flexibility index (Phi) is 4.87. The SMILES string of the molecule is Cc1cc(N2CC(=O)NC2=S)cc(-c2ccccc2)c1N1CCSCC1. The zero-order valence-corrected chi connectivity index (χ0v) is 16.3. The molecule has 4 rings (SSSR count). The highest BCUT2D eigenvalue weighted by Crippen LogP contribution is 2.39. The van der Waals surface area contributed by atoms with Crippen LogP contribution >= 0.6 is 24.0 Å². The Labute approximate surface area is 163 Å². The van der Waals surface area contributed by atoms with Crippen molar-refractivity contribution in [3.05, 3.63) is 48.0 Å². The summed E-state index contributed by atoms with van der Waals surface area (Å²) < 4.78 is 0. The number of carbonyl (C=O) groups excluding carboxylic acids is 1. The molecule has 0 unspecified atom stereocenters. The number of thiocarbonyl (C=S) groups is 1. The summed E-state index contributed by atoms with van der Waals surface area (Å²) in [6.45, 7) is 4.56. The number of nitrogens with one attached hydrogen (secondary N) is 1. The standard InChI is InChI=1S/C20H21N3OS2/c1-14-11-16(23-13-18(24)21-20(23)25)12-17(15-5-3-2-4-6-15)19(14)22-7-9-26-10-8-22/h2-6,11-12H,7-10,13H2,1H3,(H,21,24,25). The number of carbonyl (C=O) groups is 1. The van der Waals surface area contributed by atoms with Crippen molar-refractivity contribution in [1.29, 1.82) is 0 Å². The van der Waals surface area contributed by atoms with E-state index in [4.69, 9.17) is 12.2 Å². The quantitative estimate of drug-likeness (QED) is 0.822. The van der Waals surface area contributed by atoms with Crippen LogP contribution in [0.15, 0.2) is 42.5 Å². The molecule has 2 heterocycles. The molecule has 6 heteroatoms. The minimum atomic E-state index is -0.0500. The second kappa shape index (κ2) is 7.29. The van der Waals surface area contributed by atoms with E-state index >= 15 is 0 Å². The van der Waals surface area contributed by atoms with Gasteiger partial charge >= 0.3 is 0 Å². The van der Waals surface area contributed by atoms with Crippen molar-refractivity contribution in [2.45, 2.75) is 6.92 Å². The molecule has 2 aliphatic heterocycles. The average molecular weight is 384 g/mol. The molecule has 2 aromatic carbocycles. The molecule has 2 aliphatic rings. The maximum atomic E-state index is 11.7. The first-order valence-electron chi connectivity index (χ1n) is 8.77. The lowest BCUT2D eigenvalue weighted by Crippen LogP contribution is -2.33. The topological polar surface area (TPSA) is 35.6 Å². The van der Waals surface area contributed by atoms with Crippen molar-refractivity contribution >= 4 is 46.4 Å². The van der Waals surface area contributed by atoms with Crippen molar-refractivity contribution in [2.24, 2.45) is 0 Å². The van der Waals surface area contributed by atoms with Gasteiger partial charge < -0.3 is 15.1 Å². The van der Waals surface area contributed by atoms with Crippen LogP contribution in [0.4, 0.5) is 11.4 Å². The van der Waals surface area contributed by atoms with Gasteiger partial charge in [-0.1, -0.05) is 30.3 Å². The van der Waals surface area contributed by atoms with E-state index in [0.717, 1.165) is 30.3 Å². The van der Waals surface area contributed by atoms with Gasteiger partial charge in [0.2, 0.25) is 5.91 Å². The summed E-state index contributed by atoms with van der Waals surface area (Å²) in [5.41, 5.74) is 5.88. The fourth-order valence-corrected chi connectivity index (χ4v) is 4.80. The molecule has 1 amide bonds. The van der Waals surface area contributed by atoms with E-state index in [1.165, 1.54) is 22.4 Å². The van der Waals surface area contributed by atoms with Crippen molar-refractivity contribution in [3.8, 4) is 11.1 Å². The first kappa shape index (κ1) is 17.4. The van der Waals surface area contributed by atoms with Crippen molar-refractivity contribution < 1.29 is 4.79 Å². The van der Waals surface area contributed by atoms with Gasteiger partial charge in [0.15, 0.2) is 5.11 Å². The van der Waals surface area contributed by atoms with E-state index in [9.17, 15) is 4.79 Å². The maximum Gasteiger partial charge on any atom is 0.246 e. The minimum Gasteiger partial charge on any atom is -0.369 e. The van der Waals surface area contributed by atoms with Gasteiger partial charge in [-0.3, -0.25) is 4.79 Å². The van der Waals surface area contributed by atoms with Crippen molar-refractivity contribution in [1.82, 2.24) is 5.32 Å². The Bertz CT molecular complexity index is 848. The Hall–Kier alpha value is -2.05. The minimum absolute atomic E-state index is 0.0500. The van der Waals surface area contributed by atoms with Gasteiger partial charge in [-0.05, 0) is 42.4 Å². The Morgan fingerprint density at radius 2 is 1.85 bits per heavy atom. The molecule has 4 nitrogen and oxygen atoms in total. The van der Waals surface area contributed by atoms with Crippen LogP contribution in [0, 0.1) is 6.92 Å². The highest BCUT2D eigenvalue weighted by molar-refractivity contribution is 7.99. The summed E-state index contributed by atoms with van der Waals surface area (Å²) in [5.74, 6) is 2.26. The van der Waals surface area contributed by atoms with Gasteiger partial charge in [0.25, 0.3) is 0 Å². The summed E-state index contributed by atoms with van der Waals surface area (Å²) in [5, 5.41) is 3.21. The number of amides is 1. The zero-order valence-electron chi connectivity index (χ0n) is 14.7. The first-order valence-corrected chi connectivity index (χ1v) is 10.3. The van der Waals surface area contributed by atoms with Crippen LogP contribution < -0.4 is 15.1 Å². The van der Waals surface area contributed by atoms with Crippen molar-refractivity contribution in [2.75, 3.05) is 40.9 Å². The molecule has 2 aromatic rings. The molecule has 2 saturated heterocycles. The van der Waals surface area contributed by atoms with Gasteiger partial charge in [0.05, 0.1) is 0 Å². The molecule has 0 saturated carbocycles. The molecule has 0 aliphatic carbocycles. The molecule has 134 valence electrons. The highest BCUT2D eigenvalue weighted by atomic mass is 32.2. The second-order valence-corrected chi connectivity index (χ2v) is 8.18. The molecule has 0 atom stereocenters. The maximum absolute atomic E-state index is 11.7. The molecular formula is C20H21N3OS2. The molecule has 0 bridgehead atoms. The van der Waals surface area contributed by atoms with E-state index in [1.807, 2.05) is 22.7 Å². The molecule has 2 fully saturated rings. The summed E-state index contributed by atoms with van der Waals surface area (Å²) in [4.78, 5) is 16.1. The number of aryl methyl sites for hydroxylation is 1. The first-order chi connectivity index (χ1) is 12.6. The molecule has 0 spiro atoms. The van der Waals surface area contributed by atoms with Crippen LogP contribution in [-0.4, -0.2) is 42.2 Å². The predicted octanol–water partition coefficient (Wildman–Crippen LogP) is 3.44. The Balaban J connectivity index is 1.83. The third-order valence-corrected chi connectivity index (χ3v) is 6.07. The van der Waals surface area contributed by atoms with E-state index in [-0.39, 0.29) is 12.5 Å². The normalized spacial score (nSPS) is 17.6. The van der Waals surface area contributed by atoms with Crippen LogP contribution in [0.3, 0.4) is 0 Å².